The van der Waals surface area contributed by atoms with E-state index < -0.39 is 0 Å². The van der Waals surface area contributed by atoms with Crippen molar-refractivity contribution in [3.63, 3.8) is 0 Å². The maximum Gasteiger partial charge on any atom is 0.414 e. The number of phenolic OH excluding ortho intramolecular Hbond substituents is 1. The fraction of sp³-hybridized carbons (Fsp3) is 0.300. The van der Waals surface area contributed by atoms with Crippen molar-refractivity contribution in [2.75, 3.05) is 25.1 Å². The van der Waals surface area contributed by atoms with Gasteiger partial charge in [-0.1, -0.05) is 30.3 Å². The Morgan fingerprint density at radius 2 is 2.07 bits per heavy atom. The molecular formula is C20H23N3O4. The van der Waals surface area contributed by atoms with Crippen molar-refractivity contribution < 1.29 is 19.4 Å². The van der Waals surface area contributed by atoms with Gasteiger partial charge < -0.3 is 20.1 Å². The van der Waals surface area contributed by atoms with Crippen LogP contribution in [-0.4, -0.2) is 42.3 Å². The minimum atomic E-state index is -0.355. The Kier molecular flexibility index (Phi) is 5.49. The summed E-state index contributed by atoms with van der Waals surface area (Å²) in [7, 11) is 1.67. The Morgan fingerprint density at radius 3 is 2.78 bits per heavy atom. The van der Waals surface area contributed by atoms with Crippen LogP contribution < -0.4 is 10.2 Å². The van der Waals surface area contributed by atoms with Crippen molar-refractivity contribution in [1.82, 2.24) is 10.2 Å². The number of para-hydroxylation sites is 1. The first-order valence-corrected chi connectivity index (χ1v) is 8.78. The fourth-order valence-electron chi connectivity index (χ4n) is 2.94. The highest BCUT2D eigenvalue weighted by atomic mass is 16.6. The predicted molar refractivity (Wildman–Crippen MR) is 102 cm³/mol. The van der Waals surface area contributed by atoms with Gasteiger partial charge in [-0.15, -0.1) is 0 Å². The summed E-state index contributed by atoms with van der Waals surface area (Å²) in [4.78, 5) is 27.3. The first-order chi connectivity index (χ1) is 13.0. The molecule has 0 bridgehead atoms. The maximum atomic E-state index is 12.5. The van der Waals surface area contributed by atoms with E-state index in [9.17, 15) is 14.7 Å². The zero-order valence-electron chi connectivity index (χ0n) is 15.4. The molecule has 2 aromatic rings. The average molecular weight is 369 g/mol. The van der Waals surface area contributed by atoms with Crippen molar-refractivity contribution in [2.45, 2.75) is 19.5 Å². The summed E-state index contributed by atoms with van der Waals surface area (Å²) in [6, 6.07) is 13.9. The molecule has 0 spiro atoms. The smallest absolute Gasteiger partial charge is 0.414 e. The Hall–Kier alpha value is -3.22. The third kappa shape index (κ3) is 4.31. The van der Waals surface area contributed by atoms with Crippen LogP contribution in [0.1, 0.15) is 24.1 Å². The van der Waals surface area contributed by atoms with E-state index >= 15 is 0 Å². The quantitative estimate of drug-likeness (QED) is 0.848. The maximum absolute atomic E-state index is 12.5. The third-order valence-corrected chi connectivity index (χ3v) is 4.53. The van der Waals surface area contributed by atoms with Crippen molar-refractivity contribution in [2.24, 2.45) is 0 Å². The number of rotatable bonds is 5. The molecule has 27 heavy (non-hydrogen) atoms. The largest absolute Gasteiger partial charge is 0.508 e. The molecule has 1 fully saturated rings. The number of nitrogens with zero attached hydrogens (tertiary/aromatic N) is 2. The van der Waals surface area contributed by atoms with Crippen LogP contribution in [0.25, 0.3) is 0 Å². The normalized spacial score (nSPS) is 14.6. The molecule has 0 aromatic heterocycles. The Balaban J connectivity index is 1.64. The second-order valence-electron chi connectivity index (χ2n) is 6.52. The van der Waals surface area contributed by atoms with E-state index in [-0.39, 0.29) is 23.9 Å². The number of nitrogens with one attached hydrogen (secondary N) is 1. The number of ether oxygens (including phenoxy) is 1. The van der Waals surface area contributed by atoms with E-state index in [0.29, 0.717) is 25.3 Å². The van der Waals surface area contributed by atoms with Gasteiger partial charge in [0.25, 0.3) is 0 Å². The molecule has 2 N–H and O–H groups in total. The standard InChI is InChI=1S/C20H23N3O4/c1-14(15-7-5-8-17(12-15)23-10-11-27-20(23)26)21-19(25)22(2)13-16-6-3-4-9-18(16)24/h3-9,12,14,24H,10-11,13H2,1-2H3,(H,21,25). The molecule has 0 aliphatic carbocycles. The van der Waals surface area contributed by atoms with Crippen molar-refractivity contribution in [3.8, 4) is 5.75 Å². The van der Waals surface area contributed by atoms with Crippen LogP contribution in [0.2, 0.25) is 0 Å². The van der Waals surface area contributed by atoms with E-state index in [2.05, 4.69) is 5.32 Å². The molecular weight excluding hydrogens is 346 g/mol. The molecule has 7 heteroatoms. The van der Waals surface area contributed by atoms with E-state index in [1.807, 2.05) is 37.3 Å². The van der Waals surface area contributed by atoms with Gasteiger partial charge in [-0.2, -0.15) is 0 Å². The van der Waals surface area contributed by atoms with Gasteiger partial charge in [0.2, 0.25) is 0 Å². The summed E-state index contributed by atoms with van der Waals surface area (Å²) < 4.78 is 4.97. The van der Waals surface area contributed by atoms with E-state index in [4.69, 9.17) is 4.74 Å². The molecule has 2 aromatic carbocycles. The number of carbonyl (C=O) groups is 2. The first-order valence-electron chi connectivity index (χ1n) is 8.78. The van der Waals surface area contributed by atoms with Crippen LogP contribution in [0.3, 0.4) is 0 Å². The zero-order valence-corrected chi connectivity index (χ0v) is 15.4. The van der Waals surface area contributed by atoms with Gasteiger partial charge in [-0.3, -0.25) is 4.90 Å². The molecule has 1 atom stereocenters. The molecule has 3 amide bonds. The van der Waals surface area contributed by atoms with Crippen LogP contribution in [0.5, 0.6) is 5.75 Å². The van der Waals surface area contributed by atoms with Gasteiger partial charge in [0.05, 0.1) is 19.1 Å². The van der Waals surface area contributed by atoms with Gasteiger partial charge in [0.15, 0.2) is 0 Å². The molecule has 1 unspecified atom stereocenters. The molecule has 1 aliphatic heterocycles. The van der Waals surface area contributed by atoms with Gasteiger partial charge in [-0.05, 0) is 30.7 Å². The lowest BCUT2D eigenvalue weighted by Gasteiger charge is -2.23. The summed E-state index contributed by atoms with van der Waals surface area (Å²) in [5, 5.41) is 12.8. The third-order valence-electron chi connectivity index (χ3n) is 4.53. The number of carbonyl (C=O) groups excluding carboxylic acids is 2. The Labute approximate surface area is 158 Å². The monoisotopic (exact) mass is 369 g/mol. The van der Waals surface area contributed by atoms with E-state index in [0.717, 1.165) is 11.3 Å². The number of benzene rings is 2. The number of amides is 3. The highest BCUT2D eigenvalue weighted by Crippen LogP contribution is 2.23. The van der Waals surface area contributed by atoms with Crippen molar-refractivity contribution in [1.29, 1.82) is 0 Å². The van der Waals surface area contributed by atoms with Crippen molar-refractivity contribution >= 4 is 17.8 Å². The lowest BCUT2D eigenvalue weighted by Crippen LogP contribution is -2.38. The number of hydrogen-bond donors (Lipinski definition) is 2. The summed E-state index contributed by atoms with van der Waals surface area (Å²) in [5.74, 6) is 0.162. The molecule has 1 saturated heterocycles. The molecule has 142 valence electrons. The van der Waals surface area contributed by atoms with Gasteiger partial charge in [0.1, 0.15) is 12.4 Å². The highest BCUT2D eigenvalue weighted by molar-refractivity contribution is 5.89. The summed E-state index contributed by atoms with van der Waals surface area (Å²) in [6.45, 7) is 3.08. The molecule has 7 nitrogen and oxygen atoms in total. The summed E-state index contributed by atoms with van der Waals surface area (Å²) >= 11 is 0. The molecule has 0 radical (unpaired) electrons. The summed E-state index contributed by atoms with van der Waals surface area (Å²) in [5.41, 5.74) is 2.31. The second kappa shape index (κ2) is 7.99. The van der Waals surface area contributed by atoms with Crippen LogP contribution in [0, 0.1) is 0 Å². The molecule has 3 rings (SSSR count). The number of hydrogen-bond acceptors (Lipinski definition) is 4. The average Bonchev–Trinajstić information content (AvgIpc) is 3.09. The van der Waals surface area contributed by atoms with Crippen LogP contribution in [0.15, 0.2) is 48.5 Å². The predicted octanol–water partition coefficient (Wildman–Crippen LogP) is 3.25. The number of urea groups is 1. The van der Waals surface area contributed by atoms with E-state index in [1.165, 1.54) is 4.90 Å². The van der Waals surface area contributed by atoms with E-state index in [1.54, 1.807) is 30.1 Å². The second-order valence-corrected chi connectivity index (χ2v) is 6.52. The van der Waals surface area contributed by atoms with Gasteiger partial charge in [-0.25, -0.2) is 9.59 Å². The highest BCUT2D eigenvalue weighted by Gasteiger charge is 2.24. The minimum Gasteiger partial charge on any atom is -0.508 e. The Bertz CT molecular complexity index is 839. The minimum absolute atomic E-state index is 0.162. The lowest BCUT2D eigenvalue weighted by atomic mass is 10.1. The number of phenols is 1. The number of anilines is 1. The SMILES string of the molecule is CC(NC(=O)N(C)Cc1ccccc1O)c1cccc(N2CCOC2=O)c1. The van der Waals surface area contributed by atoms with Crippen LogP contribution in [-0.2, 0) is 11.3 Å². The van der Waals surface area contributed by atoms with Crippen molar-refractivity contribution in [3.05, 3.63) is 59.7 Å². The molecule has 0 saturated carbocycles. The number of cyclic esters (lactones) is 1. The zero-order chi connectivity index (χ0) is 19.4. The van der Waals surface area contributed by atoms with Gasteiger partial charge >= 0.3 is 12.1 Å². The Morgan fingerprint density at radius 1 is 1.30 bits per heavy atom. The summed E-state index contributed by atoms with van der Waals surface area (Å²) in [6.07, 6.45) is -0.355. The fourth-order valence-corrected chi connectivity index (χ4v) is 2.94. The lowest BCUT2D eigenvalue weighted by molar-refractivity contribution is 0.181. The molecule has 1 heterocycles. The van der Waals surface area contributed by atoms with Crippen LogP contribution in [0.4, 0.5) is 15.3 Å². The van der Waals surface area contributed by atoms with Gasteiger partial charge in [0, 0.05) is 18.3 Å². The topological polar surface area (TPSA) is 82.1 Å². The number of aromatic hydroxyl groups is 1. The molecule has 1 aliphatic rings. The first kappa shape index (κ1) is 18.6. The van der Waals surface area contributed by atoms with Crippen LogP contribution >= 0.6 is 0 Å².